The lowest BCUT2D eigenvalue weighted by atomic mass is 10.2. The van der Waals surface area contributed by atoms with Crippen molar-refractivity contribution in [1.29, 1.82) is 0 Å². The number of hydrogen-bond acceptors (Lipinski definition) is 3. The van der Waals surface area contributed by atoms with Crippen LogP contribution in [-0.4, -0.2) is 27.5 Å². The number of rotatable bonds is 3. The molecule has 2 aromatic rings. The van der Waals surface area contributed by atoms with Crippen molar-refractivity contribution in [3.05, 3.63) is 64.8 Å². The van der Waals surface area contributed by atoms with E-state index in [0.29, 0.717) is 0 Å². The molecule has 1 saturated heterocycles. The largest absolute Gasteiger partial charge is 0.347 e. The smallest absolute Gasteiger partial charge is 0.297 e. The topological polar surface area (TPSA) is 38.1 Å². The molecule has 1 unspecified atom stereocenters. The van der Waals surface area contributed by atoms with Crippen molar-refractivity contribution in [3.63, 3.8) is 0 Å². The maximum atomic E-state index is 11.7. The van der Waals surface area contributed by atoms with Gasteiger partial charge in [-0.2, -0.15) is 0 Å². The van der Waals surface area contributed by atoms with Gasteiger partial charge in [0.1, 0.15) is 0 Å². The summed E-state index contributed by atoms with van der Waals surface area (Å²) in [6.45, 7) is 2.90. The Balaban J connectivity index is 1.68. The van der Waals surface area contributed by atoms with Gasteiger partial charge in [0.25, 0.3) is 0 Å². The first-order valence-electron chi connectivity index (χ1n) is 6.62. The molecule has 19 heavy (non-hydrogen) atoms. The number of aromatic nitrogens is 2. The predicted molar refractivity (Wildman–Crippen MR) is 73.9 cm³/mol. The molecule has 0 radical (unpaired) electrons. The van der Waals surface area contributed by atoms with Crippen LogP contribution < -0.4 is 5.69 Å². The summed E-state index contributed by atoms with van der Waals surface area (Å²) in [6, 6.07) is 12.5. The quantitative estimate of drug-likeness (QED) is 0.837. The van der Waals surface area contributed by atoms with E-state index in [0.717, 1.165) is 26.1 Å². The van der Waals surface area contributed by atoms with E-state index in [-0.39, 0.29) is 11.7 Å². The minimum atomic E-state index is -0.144. The zero-order valence-corrected chi connectivity index (χ0v) is 10.8. The van der Waals surface area contributed by atoms with Crippen molar-refractivity contribution in [2.45, 2.75) is 19.0 Å². The Morgan fingerprint density at radius 2 is 2.05 bits per heavy atom. The predicted octanol–water partition coefficient (Wildman–Crippen LogP) is 1.69. The molecular formula is C15H17N3O. The zero-order chi connectivity index (χ0) is 13.1. The number of likely N-dealkylation sites (tertiary alicyclic amines) is 1. The third-order valence-corrected chi connectivity index (χ3v) is 3.63. The fourth-order valence-electron chi connectivity index (χ4n) is 2.67. The van der Waals surface area contributed by atoms with E-state index in [1.54, 1.807) is 10.8 Å². The lowest BCUT2D eigenvalue weighted by molar-refractivity contribution is 0.314. The maximum Gasteiger partial charge on any atom is 0.347 e. The van der Waals surface area contributed by atoms with E-state index >= 15 is 0 Å². The SMILES string of the molecule is O=c1ncccn1C1CCN(Cc2ccccc2)C1. The van der Waals surface area contributed by atoms with Crippen molar-refractivity contribution in [2.75, 3.05) is 13.1 Å². The van der Waals surface area contributed by atoms with Crippen LogP contribution in [0.15, 0.2) is 53.6 Å². The van der Waals surface area contributed by atoms with Crippen molar-refractivity contribution < 1.29 is 0 Å². The molecule has 1 aromatic carbocycles. The molecular weight excluding hydrogens is 238 g/mol. The van der Waals surface area contributed by atoms with Crippen LogP contribution in [0.25, 0.3) is 0 Å². The summed E-state index contributed by atoms with van der Waals surface area (Å²) in [5, 5.41) is 0. The Hall–Kier alpha value is -1.94. The average molecular weight is 255 g/mol. The Morgan fingerprint density at radius 1 is 1.21 bits per heavy atom. The van der Waals surface area contributed by atoms with Gasteiger partial charge < -0.3 is 0 Å². The number of nitrogens with zero attached hydrogens (tertiary/aromatic N) is 3. The molecule has 2 heterocycles. The van der Waals surface area contributed by atoms with Gasteiger partial charge in [0.2, 0.25) is 0 Å². The van der Waals surface area contributed by atoms with Gasteiger partial charge in [-0.25, -0.2) is 9.78 Å². The van der Waals surface area contributed by atoms with Gasteiger partial charge in [0.05, 0.1) is 6.04 Å². The fraction of sp³-hybridized carbons (Fsp3) is 0.333. The van der Waals surface area contributed by atoms with Crippen LogP contribution in [0, 0.1) is 0 Å². The molecule has 3 rings (SSSR count). The molecule has 1 fully saturated rings. The van der Waals surface area contributed by atoms with Crippen LogP contribution in [0.3, 0.4) is 0 Å². The fourth-order valence-corrected chi connectivity index (χ4v) is 2.67. The third kappa shape index (κ3) is 2.74. The van der Waals surface area contributed by atoms with E-state index in [1.807, 2.05) is 18.3 Å². The standard InChI is InChI=1S/C15H17N3O/c19-15-16-8-4-9-18(15)14-7-10-17(12-14)11-13-5-2-1-3-6-13/h1-6,8-9,14H,7,10-12H2. The normalized spacial score (nSPS) is 19.7. The van der Waals surface area contributed by atoms with Crippen LogP contribution >= 0.6 is 0 Å². The summed E-state index contributed by atoms with van der Waals surface area (Å²) in [7, 11) is 0. The number of hydrogen-bond donors (Lipinski definition) is 0. The van der Waals surface area contributed by atoms with Gasteiger partial charge >= 0.3 is 5.69 Å². The molecule has 0 N–H and O–H groups in total. The molecule has 4 heteroatoms. The summed E-state index contributed by atoms with van der Waals surface area (Å²) in [4.78, 5) is 17.9. The molecule has 98 valence electrons. The Kier molecular flexibility index (Phi) is 3.42. The van der Waals surface area contributed by atoms with E-state index in [4.69, 9.17) is 0 Å². The maximum absolute atomic E-state index is 11.7. The molecule has 0 saturated carbocycles. The molecule has 4 nitrogen and oxygen atoms in total. The van der Waals surface area contributed by atoms with Crippen molar-refractivity contribution in [2.24, 2.45) is 0 Å². The highest BCUT2D eigenvalue weighted by molar-refractivity contribution is 5.14. The van der Waals surface area contributed by atoms with Gasteiger partial charge in [-0.05, 0) is 18.1 Å². The summed E-state index contributed by atoms with van der Waals surface area (Å²) in [5.74, 6) is 0. The minimum Gasteiger partial charge on any atom is -0.297 e. The third-order valence-electron chi connectivity index (χ3n) is 3.63. The molecule has 1 aliphatic rings. The first-order valence-corrected chi connectivity index (χ1v) is 6.62. The Morgan fingerprint density at radius 3 is 2.84 bits per heavy atom. The van der Waals surface area contributed by atoms with Gasteiger partial charge in [-0.3, -0.25) is 9.47 Å². The summed E-state index contributed by atoms with van der Waals surface area (Å²) < 4.78 is 1.75. The monoisotopic (exact) mass is 255 g/mol. The van der Waals surface area contributed by atoms with E-state index < -0.39 is 0 Å². The van der Waals surface area contributed by atoms with Crippen LogP contribution in [0.5, 0.6) is 0 Å². The van der Waals surface area contributed by atoms with Gasteiger partial charge in [-0.15, -0.1) is 0 Å². The van der Waals surface area contributed by atoms with E-state index in [9.17, 15) is 4.79 Å². The summed E-state index contributed by atoms with van der Waals surface area (Å²) in [5.41, 5.74) is 1.18. The van der Waals surface area contributed by atoms with Crippen molar-refractivity contribution >= 4 is 0 Å². The average Bonchev–Trinajstić information content (AvgIpc) is 2.89. The molecule has 1 atom stereocenters. The van der Waals surface area contributed by atoms with Crippen molar-refractivity contribution in [1.82, 2.24) is 14.5 Å². The second-order valence-electron chi connectivity index (χ2n) is 4.97. The van der Waals surface area contributed by atoms with Crippen LogP contribution in [0.2, 0.25) is 0 Å². The number of benzene rings is 1. The summed E-state index contributed by atoms with van der Waals surface area (Å²) >= 11 is 0. The van der Waals surface area contributed by atoms with E-state index in [1.165, 1.54) is 5.56 Å². The van der Waals surface area contributed by atoms with Crippen molar-refractivity contribution in [3.8, 4) is 0 Å². The van der Waals surface area contributed by atoms with Crippen LogP contribution in [-0.2, 0) is 6.54 Å². The molecule has 1 aromatic heterocycles. The van der Waals surface area contributed by atoms with E-state index in [2.05, 4.69) is 34.1 Å². The highest BCUT2D eigenvalue weighted by Crippen LogP contribution is 2.21. The first-order chi connectivity index (χ1) is 9.33. The van der Waals surface area contributed by atoms with Crippen LogP contribution in [0.4, 0.5) is 0 Å². The molecule has 0 amide bonds. The lowest BCUT2D eigenvalue weighted by Gasteiger charge is -2.16. The highest BCUT2D eigenvalue weighted by atomic mass is 16.1. The highest BCUT2D eigenvalue weighted by Gasteiger charge is 2.24. The molecule has 0 bridgehead atoms. The summed E-state index contributed by atoms with van der Waals surface area (Å²) in [6.07, 6.45) is 4.40. The molecule has 0 spiro atoms. The molecule has 1 aliphatic heterocycles. The van der Waals surface area contributed by atoms with Gasteiger partial charge in [0.15, 0.2) is 0 Å². The lowest BCUT2D eigenvalue weighted by Crippen LogP contribution is -2.28. The Labute approximate surface area is 112 Å². The van der Waals surface area contributed by atoms with Gasteiger partial charge in [0, 0.05) is 32.0 Å². The second-order valence-corrected chi connectivity index (χ2v) is 4.97. The van der Waals surface area contributed by atoms with Gasteiger partial charge in [-0.1, -0.05) is 30.3 Å². The minimum absolute atomic E-state index is 0.144. The second kappa shape index (κ2) is 5.36. The molecule has 0 aliphatic carbocycles. The zero-order valence-electron chi connectivity index (χ0n) is 10.8. The van der Waals surface area contributed by atoms with Crippen LogP contribution in [0.1, 0.15) is 18.0 Å². The Bertz CT molecular complexity index is 594. The first kappa shape index (κ1) is 12.1.